The minimum atomic E-state index is -1.41. The number of aromatic nitrogens is 2. The van der Waals surface area contributed by atoms with Gasteiger partial charge in [0.1, 0.15) is 55.4 Å². The molecule has 18 nitrogen and oxygen atoms in total. The SMILES string of the molecule is C=C/C(=C\C=C(/C)c1nc(C)c(C(=O)N[C@@H](CCN)C(=O)N(C)[C@@H]2C(=O)N[C@@H](C)C(=O)N[C@H](C(=O)NCC#N)Cc3ccc(OCCN)c(c3)-c3cc2ccc3OCCN)c(C)n1)C(=C)C. The number of allylic oxidation sites excluding steroid dienone is 6. The van der Waals surface area contributed by atoms with E-state index in [0.717, 1.165) is 16.7 Å². The fourth-order valence-corrected chi connectivity index (χ4v) is 7.26. The molecule has 0 spiro atoms. The van der Waals surface area contributed by atoms with Crippen molar-refractivity contribution in [3.63, 3.8) is 0 Å². The summed E-state index contributed by atoms with van der Waals surface area (Å²) in [5.41, 5.74) is 22.8. The van der Waals surface area contributed by atoms with Crippen molar-refractivity contribution in [2.75, 3.05) is 46.4 Å². The average Bonchev–Trinajstić information content (AvgIpc) is 3.28. The van der Waals surface area contributed by atoms with E-state index in [0.29, 0.717) is 51.0 Å². The van der Waals surface area contributed by atoms with E-state index >= 15 is 0 Å². The molecule has 2 heterocycles. The Morgan fingerprint density at radius 2 is 1.58 bits per heavy atom. The van der Waals surface area contributed by atoms with Gasteiger partial charge in [-0.15, -0.1) is 0 Å². The van der Waals surface area contributed by atoms with Gasteiger partial charge in [-0.3, -0.25) is 24.0 Å². The number of amides is 5. The maximum atomic E-state index is 14.7. The van der Waals surface area contributed by atoms with Crippen molar-refractivity contribution in [3.8, 4) is 28.7 Å². The minimum absolute atomic E-state index is 0.00303. The molecule has 0 aliphatic carbocycles. The molecule has 1 aliphatic heterocycles. The second kappa shape index (κ2) is 24.2. The summed E-state index contributed by atoms with van der Waals surface area (Å²) >= 11 is 0. The number of nitrogens with one attached hydrogen (secondary N) is 4. The molecule has 66 heavy (non-hydrogen) atoms. The largest absolute Gasteiger partial charge is 0.492 e. The topological polar surface area (TPSA) is 283 Å². The first-order valence-electron chi connectivity index (χ1n) is 21.5. The smallest absolute Gasteiger partial charge is 0.255 e. The second-order valence-corrected chi connectivity index (χ2v) is 15.7. The van der Waals surface area contributed by atoms with E-state index in [1.807, 2.05) is 32.1 Å². The van der Waals surface area contributed by atoms with Gasteiger partial charge in [0, 0.05) is 37.7 Å². The molecule has 1 aromatic heterocycles. The standard InChI is InChI=1S/C48H61N11O7/c1-9-33(27(2)3)12-10-28(4)43-54-29(5)41(30(6)55-43)46(62)57-37(16-17-49)48(64)59(8)42-34-13-15-40(66-23-20-52)36(26-34)35-24-32(11-14-39(35)65-22-19-51)25-38(45(61)53-21-18-50)58-44(60)31(7)56-47(42)63/h9-15,24,26,31,37-38,42H,1-2,16-17,19-23,25,49,51-52H2,3-8H3,(H,53,61)(H,56,63)(H,57,62)(H,58,60)/b28-10+,33-12+/t31-,37-,38-,42-/m0/s1. The molecule has 0 fully saturated rings. The third-order valence-electron chi connectivity index (χ3n) is 10.7. The second-order valence-electron chi connectivity index (χ2n) is 15.7. The fraction of sp³-hybridized carbons (Fsp3) is 0.375. The van der Waals surface area contributed by atoms with E-state index < -0.39 is 53.7 Å². The summed E-state index contributed by atoms with van der Waals surface area (Å²) in [6, 6.07) is 6.95. The third-order valence-corrected chi connectivity index (χ3v) is 10.7. The number of ether oxygens (including phenoxy) is 2. The Morgan fingerprint density at radius 1 is 0.955 bits per heavy atom. The number of hydrogen-bond acceptors (Lipinski definition) is 13. The molecule has 0 saturated carbocycles. The van der Waals surface area contributed by atoms with Gasteiger partial charge in [-0.2, -0.15) is 5.26 Å². The van der Waals surface area contributed by atoms with Crippen LogP contribution in [0.4, 0.5) is 0 Å². The monoisotopic (exact) mass is 903 g/mol. The Labute approximate surface area is 385 Å². The Kier molecular flexibility index (Phi) is 18.9. The van der Waals surface area contributed by atoms with Gasteiger partial charge in [0.2, 0.25) is 23.6 Å². The van der Waals surface area contributed by atoms with Crippen LogP contribution in [0, 0.1) is 25.2 Å². The van der Waals surface area contributed by atoms with Crippen LogP contribution in [0.5, 0.6) is 11.5 Å². The summed E-state index contributed by atoms with van der Waals surface area (Å²) in [7, 11) is 1.41. The predicted octanol–water partition coefficient (Wildman–Crippen LogP) is 2.36. The zero-order chi connectivity index (χ0) is 48.7. The van der Waals surface area contributed by atoms with Crippen LogP contribution in [-0.4, -0.2) is 109 Å². The zero-order valence-electron chi connectivity index (χ0n) is 38.5. The summed E-state index contributed by atoms with van der Waals surface area (Å²) < 4.78 is 12.2. The summed E-state index contributed by atoms with van der Waals surface area (Å²) in [4.78, 5) is 80.8. The number of likely N-dealkylation sites (N-methyl/N-ethyl adjacent to an activating group) is 1. The van der Waals surface area contributed by atoms with Crippen LogP contribution in [0.25, 0.3) is 16.7 Å². The normalized spacial score (nSPS) is 16.9. The highest BCUT2D eigenvalue weighted by atomic mass is 16.5. The van der Waals surface area contributed by atoms with E-state index in [2.05, 4.69) is 44.4 Å². The fourth-order valence-electron chi connectivity index (χ4n) is 7.26. The first kappa shape index (κ1) is 51.4. The molecule has 4 bridgehead atoms. The molecule has 0 unspecified atom stereocenters. The highest BCUT2D eigenvalue weighted by molar-refractivity contribution is 6.00. The lowest BCUT2D eigenvalue weighted by molar-refractivity contribution is -0.141. The van der Waals surface area contributed by atoms with Crippen molar-refractivity contribution in [3.05, 3.63) is 113 Å². The molecule has 18 heteroatoms. The molecule has 4 rings (SSSR count). The lowest BCUT2D eigenvalue weighted by Crippen LogP contribution is -2.56. The molecule has 10 N–H and O–H groups in total. The lowest BCUT2D eigenvalue weighted by atomic mass is 9.93. The van der Waals surface area contributed by atoms with Crippen molar-refractivity contribution in [1.29, 1.82) is 5.26 Å². The van der Waals surface area contributed by atoms with Gasteiger partial charge in [0.15, 0.2) is 5.82 Å². The Bertz CT molecular complexity index is 2420. The van der Waals surface area contributed by atoms with E-state index in [1.165, 1.54) is 18.9 Å². The van der Waals surface area contributed by atoms with E-state index in [4.69, 9.17) is 31.9 Å². The number of aryl methyl sites for hydroxylation is 2. The minimum Gasteiger partial charge on any atom is -0.492 e. The lowest BCUT2D eigenvalue weighted by Gasteiger charge is -2.32. The zero-order valence-corrected chi connectivity index (χ0v) is 38.5. The number of nitrogens with two attached hydrogens (primary N) is 3. The molecule has 5 amide bonds. The van der Waals surface area contributed by atoms with Crippen LogP contribution in [0.1, 0.15) is 71.9 Å². The highest BCUT2D eigenvalue weighted by Crippen LogP contribution is 2.40. The number of carbonyl (C=O) groups excluding carboxylic acids is 5. The molecule has 2 aromatic carbocycles. The number of hydrogen-bond donors (Lipinski definition) is 7. The Balaban J connectivity index is 1.83. The van der Waals surface area contributed by atoms with Gasteiger partial charge in [-0.05, 0) is 94.1 Å². The predicted molar refractivity (Wildman–Crippen MR) is 252 cm³/mol. The highest BCUT2D eigenvalue weighted by Gasteiger charge is 2.36. The van der Waals surface area contributed by atoms with Crippen LogP contribution >= 0.6 is 0 Å². The maximum absolute atomic E-state index is 14.7. The quantitative estimate of drug-likeness (QED) is 0.0714. The summed E-state index contributed by atoms with van der Waals surface area (Å²) in [6.07, 6.45) is 5.37. The van der Waals surface area contributed by atoms with Gasteiger partial charge < -0.3 is 52.8 Å². The molecule has 4 atom stereocenters. The maximum Gasteiger partial charge on any atom is 0.255 e. The Hall–Kier alpha value is -7.20. The number of carbonyl (C=O) groups is 5. The number of nitrogens with zero attached hydrogens (tertiary/aromatic N) is 4. The number of fused-ring (bicyclic) bond motifs is 5. The molecular formula is C48H61N11O7. The van der Waals surface area contributed by atoms with Crippen molar-refractivity contribution in [1.82, 2.24) is 36.1 Å². The molecule has 350 valence electrons. The van der Waals surface area contributed by atoms with E-state index in [9.17, 15) is 24.0 Å². The molecule has 0 radical (unpaired) electrons. The van der Waals surface area contributed by atoms with Crippen LogP contribution in [0.2, 0.25) is 0 Å². The molecule has 0 saturated heterocycles. The van der Waals surface area contributed by atoms with Crippen molar-refractivity contribution >= 4 is 35.1 Å². The first-order chi connectivity index (χ1) is 31.5. The van der Waals surface area contributed by atoms with Crippen LogP contribution in [-0.2, 0) is 25.6 Å². The van der Waals surface area contributed by atoms with Gasteiger partial charge in [-0.25, -0.2) is 9.97 Å². The van der Waals surface area contributed by atoms with E-state index in [1.54, 1.807) is 56.3 Å². The summed E-state index contributed by atoms with van der Waals surface area (Å²) in [5.74, 6) is -2.23. The van der Waals surface area contributed by atoms with Crippen LogP contribution in [0.15, 0.2) is 78.9 Å². The summed E-state index contributed by atoms with van der Waals surface area (Å²) in [5, 5.41) is 19.9. The Morgan fingerprint density at radius 3 is 2.15 bits per heavy atom. The number of rotatable bonds is 18. The van der Waals surface area contributed by atoms with Crippen LogP contribution < -0.4 is 47.9 Å². The van der Waals surface area contributed by atoms with Gasteiger partial charge >= 0.3 is 0 Å². The summed E-state index contributed by atoms with van der Waals surface area (Å²) in [6.45, 7) is 16.6. The van der Waals surface area contributed by atoms with E-state index in [-0.39, 0.29) is 57.8 Å². The first-order valence-corrected chi connectivity index (χ1v) is 21.5. The number of nitriles is 1. The third kappa shape index (κ3) is 13.0. The molecule has 3 aromatic rings. The van der Waals surface area contributed by atoms with Crippen molar-refractivity contribution in [2.24, 2.45) is 17.2 Å². The van der Waals surface area contributed by atoms with Gasteiger partial charge in [-0.1, -0.05) is 49.1 Å². The molecule has 1 aliphatic rings. The van der Waals surface area contributed by atoms with Gasteiger partial charge in [0.05, 0.1) is 23.0 Å². The van der Waals surface area contributed by atoms with Gasteiger partial charge in [0.25, 0.3) is 5.91 Å². The van der Waals surface area contributed by atoms with Crippen molar-refractivity contribution in [2.45, 2.75) is 71.6 Å². The van der Waals surface area contributed by atoms with Crippen molar-refractivity contribution < 1.29 is 33.4 Å². The molecular weight excluding hydrogens is 843 g/mol. The van der Waals surface area contributed by atoms with Crippen LogP contribution in [0.3, 0.4) is 0 Å². The average molecular weight is 904 g/mol. The number of benzene rings is 2.